The molecule has 1 fully saturated rings. The van der Waals surface area contributed by atoms with Gasteiger partial charge in [0.25, 0.3) is 0 Å². The topological polar surface area (TPSA) is 42.0 Å². The average Bonchev–Trinajstić information content (AvgIpc) is 3.32. The Labute approximate surface area is 125 Å². The van der Waals surface area contributed by atoms with Gasteiger partial charge >= 0.3 is 0 Å². The maximum Gasteiger partial charge on any atom is 0.114 e. The summed E-state index contributed by atoms with van der Waals surface area (Å²) in [6.07, 6.45) is 0.301. The van der Waals surface area contributed by atoms with E-state index in [1.54, 1.807) is 0 Å². The molecule has 0 aromatic heterocycles. The number of hydrogen-bond acceptors (Lipinski definition) is 3. The van der Waals surface area contributed by atoms with Crippen LogP contribution in [0, 0.1) is 0 Å². The molecule has 2 aromatic carbocycles. The van der Waals surface area contributed by atoms with E-state index >= 15 is 0 Å². The van der Waals surface area contributed by atoms with Crippen LogP contribution in [0.15, 0.2) is 60.7 Å². The first-order valence-electron chi connectivity index (χ1n) is 7.35. The van der Waals surface area contributed by atoms with Crippen LogP contribution in [-0.2, 0) is 16.1 Å². The van der Waals surface area contributed by atoms with Gasteiger partial charge in [0.05, 0.1) is 12.7 Å². The molecule has 3 atom stereocenters. The molecule has 110 valence electrons. The van der Waals surface area contributed by atoms with Crippen molar-refractivity contribution in [3.05, 3.63) is 71.8 Å². The summed E-state index contributed by atoms with van der Waals surface area (Å²) >= 11 is 0. The van der Waals surface area contributed by atoms with Crippen molar-refractivity contribution >= 4 is 0 Å². The minimum Gasteiger partial charge on any atom is -0.386 e. The monoisotopic (exact) mass is 284 g/mol. The van der Waals surface area contributed by atoms with Crippen molar-refractivity contribution in [1.29, 1.82) is 0 Å². The highest BCUT2D eigenvalue weighted by Crippen LogP contribution is 2.36. The lowest BCUT2D eigenvalue weighted by Crippen LogP contribution is -2.09. The summed E-state index contributed by atoms with van der Waals surface area (Å²) in [4.78, 5) is 0. The predicted octanol–water partition coefficient (Wildman–Crippen LogP) is 3.09. The van der Waals surface area contributed by atoms with Crippen molar-refractivity contribution in [3.63, 3.8) is 0 Å². The van der Waals surface area contributed by atoms with Crippen LogP contribution in [-0.4, -0.2) is 23.9 Å². The first kappa shape index (κ1) is 14.3. The van der Waals surface area contributed by atoms with Crippen molar-refractivity contribution in [2.45, 2.75) is 31.3 Å². The van der Waals surface area contributed by atoms with E-state index in [1.165, 1.54) is 5.56 Å². The number of epoxide rings is 1. The Balaban J connectivity index is 1.37. The summed E-state index contributed by atoms with van der Waals surface area (Å²) < 4.78 is 11.2. The van der Waals surface area contributed by atoms with Crippen LogP contribution in [0.2, 0.25) is 0 Å². The van der Waals surface area contributed by atoms with Crippen molar-refractivity contribution in [3.8, 4) is 0 Å². The highest BCUT2D eigenvalue weighted by molar-refractivity contribution is 5.20. The van der Waals surface area contributed by atoms with E-state index in [-0.39, 0.29) is 12.2 Å². The van der Waals surface area contributed by atoms with Gasteiger partial charge in [0.1, 0.15) is 12.2 Å². The molecule has 1 aliphatic rings. The first-order valence-corrected chi connectivity index (χ1v) is 7.35. The molecule has 1 heterocycles. The molecule has 0 saturated carbocycles. The summed E-state index contributed by atoms with van der Waals surface area (Å²) in [5.74, 6) is 0. The highest BCUT2D eigenvalue weighted by atomic mass is 16.6. The van der Waals surface area contributed by atoms with Crippen molar-refractivity contribution < 1.29 is 14.6 Å². The second-order valence-electron chi connectivity index (χ2n) is 5.32. The highest BCUT2D eigenvalue weighted by Gasteiger charge is 2.44. The van der Waals surface area contributed by atoms with Crippen molar-refractivity contribution in [2.24, 2.45) is 0 Å². The Hall–Kier alpha value is -1.68. The van der Waals surface area contributed by atoms with Crippen LogP contribution in [0.3, 0.4) is 0 Å². The molecule has 0 aliphatic carbocycles. The van der Waals surface area contributed by atoms with E-state index in [4.69, 9.17) is 9.47 Å². The van der Waals surface area contributed by atoms with Crippen LogP contribution in [0.1, 0.15) is 23.7 Å². The van der Waals surface area contributed by atoms with Crippen LogP contribution in [0.4, 0.5) is 0 Å². The third kappa shape index (κ3) is 3.91. The number of aliphatic hydroxyl groups excluding tert-OH is 1. The van der Waals surface area contributed by atoms with Crippen LogP contribution in [0.5, 0.6) is 0 Å². The number of aliphatic hydroxyl groups is 1. The molecule has 0 radical (unpaired) electrons. The molecule has 3 nitrogen and oxygen atoms in total. The van der Waals surface area contributed by atoms with E-state index in [0.29, 0.717) is 13.2 Å². The summed E-state index contributed by atoms with van der Waals surface area (Å²) in [5.41, 5.74) is 2.09. The number of benzene rings is 2. The Morgan fingerprint density at radius 3 is 2.38 bits per heavy atom. The van der Waals surface area contributed by atoms with Crippen LogP contribution >= 0.6 is 0 Å². The summed E-state index contributed by atoms with van der Waals surface area (Å²) in [5, 5.41) is 10.2. The van der Waals surface area contributed by atoms with Gasteiger partial charge in [-0.05, 0) is 17.5 Å². The normalized spacial score (nSPS) is 22.0. The zero-order valence-corrected chi connectivity index (χ0v) is 11.9. The quantitative estimate of drug-likeness (QED) is 0.627. The standard InChI is InChI=1S/C18H20O3/c19-17(15-9-5-2-6-10-15)18-16(21-18)11-12-20-13-14-7-3-1-4-8-14/h1-10,16-19H,11-13H2/t16-,17-,18+/m1/s1. The van der Waals surface area contributed by atoms with Gasteiger partial charge in [-0.2, -0.15) is 0 Å². The smallest absolute Gasteiger partial charge is 0.114 e. The largest absolute Gasteiger partial charge is 0.386 e. The van der Waals surface area contributed by atoms with E-state index in [9.17, 15) is 5.11 Å². The number of hydrogen-bond donors (Lipinski definition) is 1. The Morgan fingerprint density at radius 2 is 1.67 bits per heavy atom. The molecule has 0 bridgehead atoms. The molecule has 3 rings (SSSR count). The molecular weight excluding hydrogens is 264 g/mol. The van der Waals surface area contributed by atoms with Gasteiger partial charge < -0.3 is 14.6 Å². The fourth-order valence-corrected chi connectivity index (χ4v) is 2.47. The van der Waals surface area contributed by atoms with E-state index < -0.39 is 6.10 Å². The average molecular weight is 284 g/mol. The first-order chi connectivity index (χ1) is 10.3. The molecule has 1 N–H and O–H groups in total. The fourth-order valence-electron chi connectivity index (χ4n) is 2.47. The maximum atomic E-state index is 10.2. The molecule has 2 aromatic rings. The van der Waals surface area contributed by atoms with Crippen molar-refractivity contribution in [1.82, 2.24) is 0 Å². The lowest BCUT2D eigenvalue weighted by Gasteiger charge is -2.07. The Bertz CT molecular complexity index is 541. The van der Waals surface area contributed by atoms with Crippen molar-refractivity contribution in [2.75, 3.05) is 6.61 Å². The Morgan fingerprint density at radius 1 is 1.00 bits per heavy atom. The molecule has 21 heavy (non-hydrogen) atoms. The van der Waals surface area contributed by atoms with Gasteiger partial charge in [-0.25, -0.2) is 0 Å². The van der Waals surface area contributed by atoms with Gasteiger partial charge in [0.2, 0.25) is 0 Å². The second kappa shape index (κ2) is 6.85. The molecule has 3 heteroatoms. The van der Waals surface area contributed by atoms with Crippen LogP contribution in [0.25, 0.3) is 0 Å². The van der Waals surface area contributed by atoms with Gasteiger partial charge in [-0.3, -0.25) is 0 Å². The zero-order chi connectivity index (χ0) is 14.5. The van der Waals surface area contributed by atoms with Gasteiger partial charge in [0, 0.05) is 6.61 Å². The lowest BCUT2D eigenvalue weighted by atomic mass is 10.0. The van der Waals surface area contributed by atoms with Gasteiger partial charge in [0.15, 0.2) is 0 Å². The van der Waals surface area contributed by atoms with E-state index in [1.807, 2.05) is 48.5 Å². The van der Waals surface area contributed by atoms with Crippen LogP contribution < -0.4 is 0 Å². The van der Waals surface area contributed by atoms with E-state index in [0.717, 1.165) is 12.0 Å². The SMILES string of the molecule is O[C@H](c1ccccc1)[C@H]1O[C@@H]1CCOCc1ccccc1. The minimum absolute atomic E-state index is 0.0901. The lowest BCUT2D eigenvalue weighted by molar-refractivity contribution is 0.113. The van der Waals surface area contributed by atoms with Gasteiger partial charge in [-0.1, -0.05) is 60.7 Å². The zero-order valence-electron chi connectivity index (χ0n) is 11.9. The molecule has 0 spiro atoms. The Kier molecular flexibility index (Phi) is 4.65. The van der Waals surface area contributed by atoms with Gasteiger partial charge in [-0.15, -0.1) is 0 Å². The number of rotatable bonds is 7. The summed E-state index contributed by atoms with van der Waals surface area (Å²) in [7, 11) is 0. The second-order valence-corrected chi connectivity index (χ2v) is 5.32. The minimum atomic E-state index is -0.537. The predicted molar refractivity (Wildman–Crippen MR) is 80.8 cm³/mol. The van der Waals surface area contributed by atoms with E-state index in [2.05, 4.69) is 12.1 Å². The molecule has 0 unspecified atom stereocenters. The molecule has 0 amide bonds. The third-order valence-corrected chi connectivity index (χ3v) is 3.73. The molecule has 1 saturated heterocycles. The number of ether oxygens (including phenoxy) is 2. The molecular formula is C18H20O3. The third-order valence-electron chi connectivity index (χ3n) is 3.73. The summed E-state index contributed by atoms with van der Waals surface area (Å²) in [6, 6.07) is 19.8. The fraction of sp³-hybridized carbons (Fsp3) is 0.333. The summed E-state index contributed by atoms with van der Waals surface area (Å²) in [6.45, 7) is 1.27. The molecule has 1 aliphatic heterocycles. The maximum absolute atomic E-state index is 10.2.